The van der Waals surface area contributed by atoms with E-state index in [0.717, 1.165) is 6.54 Å². The van der Waals surface area contributed by atoms with Crippen molar-refractivity contribution in [3.63, 3.8) is 0 Å². The molecule has 1 fully saturated rings. The minimum Gasteiger partial charge on any atom is -0.368 e. The van der Waals surface area contributed by atoms with Crippen molar-refractivity contribution in [3.8, 4) is 0 Å². The molecule has 1 aliphatic rings. The lowest BCUT2D eigenvalue weighted by Gasteiger charge is -2.34. The number of nitrogens with two attached hydrogens (primary N) is 2. The van der Waals surface area contributed by atoms with E-state index in [1.54, 1.807) is 0 Å². The van der Waals surface area contributed by atoms with Crippen LogP contribution in [0.5, 0.6) is 0 Å². The third kappa shape index (κ3) is 3.80. The van der Waals surface area contributed by atoms with E-state index < -0.39 is 11.9 Å². The molecule has 4 heteroatoms. The van der Waals surface area contributed by atoms with Crippen molar-refractivity contribution in [2.75, 3.05) is 13.1 Å². The maximum absolute atomic E-state index is 10.9. The maximum Gasteiger partial charge on any atom is 0.235 e. The Labute approximate surface area is 92.0 Å². The van der Waals surface area contributed by atoms with Crippen molar-refractivity contribution < 1.29 is 4.79 Å². The van der Waals surface area contributed by atoms with Crippen LogP contribution in [0.25, 0.3) is 0 Å². The molecular formula is C11H23N3O. The number of carbonyl (C=O) groups is 1. The number of carbonyl (C=O) groups excluding carboxylic acids is 1. The van der Waals surface area contributed by atoms with Crippen LogP contribution in [0.2, 0.25) is 0 Å². The molecule has 0 bridgehead atoms. The lowest BCUT2D eigenvalue weighted by molar-refractivity contribution is -0.119. The van der Waals surface area contributed by atoms with Gasteiger partial charge in [-0.15, -0.1) is 0 Å². The third-order valence-electron chi connectivity index (χ3n) is 3.29. The Bertz CT molecular complexity index is 202. The summed E-state index contributed by atoms with van der Waals surface area (Å²) in [5.74, 6) is -0.399. The van der Waals surface area contributed by atoms with Crippen LogP contribution in [0.1, 0.15) is 39.0 Å². The summed E-state index contributed by atoms with van der Waals surface area (Å²) in [5.41, 5.74) is 10.9. The normalized spacial score (nSPS) is 20.5. The van der Waals surface area contributed by atoms with Crippen molar-refractivity contribution in [2.24, 2.45) is 11.5 Å². The number of likely N-dealkylation sites (N-methyl/N-ethyl adjacent to an activating group) is 1. The molecule has 4 N–H and O–H groups in total. The van der Waals surface area contributed by atoms with Gasteiger partial charge in [0.25, 0.3) is 0 Å². The van der Waals surface area contributed by atoms with Crippen LogP contribution in [-0.4, -0.2) is 36.0 Å². The molecule has 88 valence electrons. The van der Waals surface area contributed by atoms with Crippen LogP contribution < -0.4 is 11.5 Å². The maximum atomic E-state index is 10.9. The highest BCUT2D eigenvalue weighted by Gasteiger charge is 2.22. The average Bonchev–Trinajstić information content (AvgIpc) is 2.26. The van der Waals surface area contributed by atoms with Gasteiger partial charge in [-0.1, -0.05) is 26.2 Å². The molecule has 4 nitrogen and oxygen atoms in total. The van der Waals surface area contributed by atoms with E-state index in [-0.39, 0.29) is 0 Å². The number of hydrogen-bond donors (Lipinski definition) is 2. The minimum absolute atomic E-state index is 0.399. The second-order valence-corrected chi connectivity index (χ2v) is 4.39. The first-order chi connectivity index (χ1) is 7.15. The van der Waals surface area contributed by atoms with E-state index in [1.165, 1.54) is 32.1 Å². The Morgan fingerprint density at radius 1 is 1.40 bits per heavy atom. The van der Waals surface area contributed by atoms with Crippen molar-refractivity contribution in [3.05, 3.63) is 0 Å². The van der Waals surface area contributed by atoms with Gasteiger partial charge in [0, 0.05) is 12.6 Å². The van der Waals surface area contributed by atoms with Crippen molar-refractivity contribution in [1.29, 1.82) is 0 Å². The Kier molecular flexibility index (Phi) is 5.05. The lowest BCUT2D eigenvalue weighted by Crippen LogP contribution is -2.49. The van der Waals surface area contributed by atoms with E-state index in [4.69, 9.17) is 11.5 Å². The van der Waals surface area contributed by atoms with E-state index in [1.807, 2.05) is 0 Å². The fourth-order valence-corrected chi connectivity index (χ4v) is 2.33. The zero-order valence-electron chi connectivity index (χ0n) is 9.61. The molecule has 1 rings (SSSR count). The molecule has 0 radical (unpaired) electrons. The van der Waals surface area contributed by atoms with Gasteiger partial charge in [-0.05, 0) is 19.4 Å². The molecule has 1 saturated carbocycles. The molecule has 1 amide bonds. The van der Waals surface area contributed by atoms with Crippen LogP contribution in [0.4, 0.5) is 0 Å². The molecule has 0 aromatic carbocycles. The Morgan fingerprint density at radius 3 is 2.47 bits per heavy atom. The SMILES string of the molecule is CCN(CC(N)C(N)=O)C1CCCCC1. The van der Waals surface area contributed by atoms with Crippen molar-refractivity contribution in [2.45, 2.75) is 51.1 Å². The van der Waals surface area contributed by atoms with Gasteiger partial charge in [0.15, 0.2) is 0 Å². The van der Waals surface area contributed by atoms with Crippen LogP contribution >= 0.6 is 0 Å². The van der Waals surface area contributed by atoms with Crippen LogP contribution in [-0.2, 0) is 4.79 Å². The smallest absolute Gasteiger partial charge is 0.235 e. The van der Waals surface area contributed by atoms with E-state index in [0.29, 0.717) is 12.6 Å². The van der Waals surface area contributed by atoms with E-state index in [2.05, 4.69) is 11.8 Å². The highest BCUT2D eigenvalue weighted by atomic mass is 16.1. The monoisotopic (exact) mass is 213 g/mol. The highest BCUT2D eigenvalue weighted by Crippen LogP contribution is 2.22. The van der Waals surface area contributed by atoms with Crippen LogP contribution in [0.15, 0.2) is 0 Å². The second kappa shape index (κ2) is 6.08. The van der Waals surface area contributed by atoms with Crippen molar-refractivity contribution >= 4 is 5.91 Å². The quantitative estimate of drug-likeness (QED) is 0.696. The number of rotatable bonds is 5. The first-order valence-corrected chi connectivity index (χ1v) is 5.94. The van der Waals surface area contributed by atoms with Crippen molar-refractivity contribution in [1.82, 2.24) is 4.90 Å². The van der Waals surface area contributed by atoms with Gasteiger partial charge in [-0.2, -0.15) is 0 Å². The summed E-state index contributed by atoms with van der Waals surface area (Å²) in [7, 11) is 0. The standard InChI is InChI=1S/C11H23N3O/c1-2-14(8-10(12)11(13)15)9-6-4-3-5-7-9/h9-10H,2-8,12H2,1H3,(H2,13,15). The molecule has 0 aromatic heterocycles. The van der Waals surface area contributed by atoms with Gasteiger partial charge in [0.1, 0.15) is 0 Å². The summed E-state index contributed by atoms with van der Waals surface area (Å²) >= 11 is 0. The van der Waals surface area contributed by atoms with Gasteiger partial charge in [-0.25, -0.2) is 0 Å². The molecule has 0 aliphatic heterocycles. The van der Waals surface area contributed by atoms with Crippen LogP contribution in [0, 0.1) is 0 Å². The zero-order chi connectivity index (χ0) is 11.3. The van der Waals surface area contributed by atoms with Gasteiger partial charge in [0.2, 0.25) is 5.91 Å². The summed E-state index contributed by atoms with van der Waals surface area (Å²) in [6.07, 6.45) is 6.41. The molecule has 0 spiro atoms. The third-order valence-corrected chi connectivity index (χ3v) is 3.29. The van der Waals surface area contributed by atoms with Gasteiger partial charge in [-0.3, -0.25) is 9.69 Å². The first-order valence-electron chi connectivity index (χ1n) is 5.94. The number of primary amides is 1. The molecule has 1 atom stereocenters. The number of hydrogen-bond acceptors (Lipinski definition) is 3. The first kappa shape index (κ1) is 12.5. The topological polar surface area (TPSA) is 72.3 Å². The highest BCUT2D eigenvalue weighted by molar-refractivity contribution is 5.79. The van der Waals surface area contributed by atoms with Gasteiger partial charge in [0.05, 0.1) is 6.04 Å². The van der Waals surface area contributed by atoms with Gasteiger partial charge < -0.3 is 11.5 Å². The predicted octanol–water partition coefficient (Wildman–Crippen LogP) is 0.454. The summed E-state index contributed by atoms with van der Waals surface area (Å²) < 4.78 is 0. The van der Waals surface area contributed by atoms with Crippen LogP contribution in [0.3, 0.4) is 0 Å². The Balaban J connectivity index is 2.43. The number of amides is 1. The molecular weight excluding hydrogens is 190 g/mol. The lowest BCUT2D eigenvalue weighted by atomic mass is 9.94. The summed E-state index contributed by atoms with van der Waals surface area (Å²) in [6, 6.07) is 0.0843. The van der Waals surface area contributed by atoms with E-state index in [9.17, 15) is 4.79 Å². The predicted molar refractivity (Wildman–Crippen MR) is 61.3 cm³/mol. The summed E-state index contributed by atoms with van der Waals surface area (Å²) in [5, 5.41) is 0. The molecule has 1 unspecified atom stereocenters. The molecule has 0 saturated heterocycles. The fourth-order valence-electron chi connectivity index (χ4n) is 2.33. The largest absolute Gasteiger partial charge is 0.368 e. The van der Waals surface area contributed by atoms with E-state index >= 15 is 0 Å². The molecule has 0 heterocycles. The molecule has 0 aromatic rings. The Morgan fingerprint density at radius 2 is 2.00 bits per heavy atom. The fraction of sp³-hybridized carbons (Fsp3) is 0.909. The zero-order valence-corrected chi connectivity index (χ0v) is 9.61. The summed E-state index contributed by atoms with van der Waals surface area (Å²) in [4.78, 5) is 13.2. The Hall–Kier alpha value is -0.610. The second-order valence-electron chi connectivity index (χ2n) is 4.39. The minimum atomic E-state index is -0.521. The summed E-state index contributed by atoms with van der Waals surface area (Å²) in [6.45, 7) is 3.67. The average molecular weight is 213 g/mol. The molecule has 15 heavy (non-hydrogen) atoms. The van der Waals surface area contributed by atoms with Gasteiger partial charge >= 0.3 is 0 Å². The molecule has 1 aliphatic carbocycles. The number of nitrogens with zero attached hydrogens (tertiary/aromatic N) is 1.